The Morgan fingerprint density at radius 3 is 2.91 bits per heavy atom. The third-order valence-electron chi connectivity index (χ3n) is 5.75. The summed E-state index contributed by atoms with van der Waals surface area (Å²) in [5.41, 5.74) is 3.82. The Kier molecular flexibility index (Phi) is 4.43. The SMILES string of the molecule is C=CC1CCC(=O)[C@]1(C)C/C=C1\CCCc2cc(OC)ccc21. The summed E-state index contributed by atoms with van der Waals surface area (Å²) in [5.74, 6) is 1.63. The van der Waals surface area contributed by atoms with E-state index >= 15 is 0 Å². The fourth-order valence-corrected chi connectivity index (χ4v) is 4.11. The van der Waals surface area contributed by atoms with Crippen molar-refractivity contribution in [2.24, 2.45) is 11.3 Å². The first-order valence-corrected chi connectivity index (χ1v) is 8.60. The molecule has 2 aliphatic carbocycles. The molecule has 1 saturated carbocycles. The molecule has 2 aliphatic rings. The third-order valence-corrected chi connectivity index (χ3v) is 5.75. The van der Waals surface area contributed by atoms with Gasteiger partial charge in [0.2, 0.25) is 0 Å². The molecule has 1 unspecified atom stereocenters. The topological polar surface area (TPSA) is 26.3 Å². The normalized spacial score (nSPS) is 28.7. The van der Waals surface area contributed by atoms with Gasteiger partial charge in [-0.2, -0.15) is 0 Å². The number of ether oxygens (including phenoxy) is 1. The first-order chi connectivity index (χ1) is 11.1. The number of benzene rings is 1. The van der Waals surface area contributed by atoms with Gasteiger partial charge in [-0.1, -0.05) is 25.1 Å². The number of hydrogen-bond acceptors (Lipinski definition) is 2. The fourth-order valence-electron chi connectivity index (χ4n) is 4.11. The summed E-state index contributed by atoms with van der Waals surface area (Å²) in [7, 11) is 1.71. The lowest BCUT2D eigenvalue weighted by Crippen LogP contribution is -2.27. The zero-order valence-corrected chi connectivity index (χ0v) is 14.2. The highest BCUT2D eigenvalue weighted by molar-refractivity contribution is 5.87. The standard InChI is InChI=1S/C21H26O2/c1-4-17-8-11-20(22)21(17,2)13-12-15-6-5-7-16-14-18(23-3)9-10-19(15)16/h4,9-10,12,14,17H,1,5-8,11,13H2,2-3H3/b15-12+/t17?,21-/m1/s1. The lowest BCUT2D eigenvalue weighted by atomic mass is 9.75. The van der Waals surface area contributed by atoms with Crippen LogP contribution >= 0.6 is 0 Å². The van der Waals surface area contributed by atoms with Crippen molar-refractivity contribution in [2.45, 2.75) is 45.4 Å². The van der Waals surface area contributed by atoms with Crippen LogP contribution in [0, 0.1) is 11.3 Å². The highest BCUT2D eigenvalue weighted by atomic mass is 16.5. The van der Waals surface area contributed by atoms with Gasteiger partial charge in [-0.3, -0.25) is 4.79 Å². The van der Waals surface area contributed by atoms with Gasteiger partial charge < -0.3 is 4.74 Å². The fraction of sp³-hybridized carbons (Fsp3) is 0.476. The predicted molar refractivity (Wildman–Crippen MR) is 94.6 cm³/mol. The number of fused-ring (bicyclic) bond motifs is 1. The van der Waals surface area contributed by atoms with Gasteiger partial charge >= 0.3 is 0 Å². The number of methoxy groups -OCH3 is 1. The molecule has 0 N–H and O–H groups in total. The van der Waals surface area contributed by atoms with Crippen LogP contribution in [0.15, 0.2) is 36.9 Å². The van der Waals surface area contributed by atoms with E-state index in [1.807, 2.05) is 12.1 Å². The maximum absolute atomic E-state index is 12.4. The van der Waals surface area contributed by atoms with Crippen LogP contribution < -0.4 is 4.74 Å². The van der Waals surface area contributed by atoms with E-state index in [1.54, 1.807) is 7.11 Å². The van der Waals surface area contributed by atoms with E-state index < -0.39 is 0 Å². The molecule has 2 nitrogen and oxygen atoms in total. The zero-order chi connectivity index (χ0) is 16.4. The molecule has 0 aromatic heterocycles. The molecular formula is C21H26O2. The Balaban J connectivity index is 1.87. The van der Waals surface area contributed by atoms with Gasteiger partial charge in [-0.05, 0) is 66.9 Å². The molecule has 0 heterocycles. The van der Waals surface area contributed by atoms with E-state index in [-0.39, 0.29) is 5.41 Å². The molecule has 1 fully saturated rings. The largest absolute Gasteiger partial charge is 0.497 e. The molecule has 0 bridgehead atoms. The second-order valence-corrected chi connectivity index (χ2v) is 7.03. The molecule has 0 saturated heterocycles. The second-order valence-electron chi connectivity index (χ2n) is 7.03. The summed E-state index contributed by atoms with van der Waals surface area (Å²) < 4.78 is 5.34. The van der Waals surface area contributed by atoms with Crippen molar-refractivity contribution >= 4 is 11.4 Å². The average molecular weight is 310 g/mol. The quantitative estimate of drug-likeness (QED) is 0.733. The molecule has 122 valence electrons. The van der Waals surface area contributed by atoms with Crippen LogP contribution in [0.5, 0.6) is 5.75 Å². The molecule has 0 aliphatic heterocycles. The van der Waals surface area contributed by atoms with E-state index in [1.165, 1.54) is 23.1 Å². The monoisotopic (exact) mass is 310 g/mol. The number of carbonyl (C=O) groups is 1. The van der Waals surface area contributed by atoms with Gasteiger partial charge in [-0.25, -0.2) is 0 Å². The summed E-state index contributed by atoms with van der Waals surface area (Å²) in [5, 5.41) is 0. The van der Waals surface area contributed by atoms with Crippen LogP contribution in [-0.4, -0.2) is 12.9 Å². The van der Waals surface area contributed by atoms with Crippen LogP contribution in [0.1, 0.15) is 50.2 Å². The summed E-state index contributed by atoms with van der Waals surface area (Å²) in [6.07, 6.45) is 10.1. The molecule has 0 spiro atoms. The molecule has 23 heavy (non-hydrogen) atoms. The van der Waals surface area contributed by atoms with Crippen molar-refractivity contribution < 1.29 is 9.53 Å². The highest BCUT2D eigenvalue weighted by Gasteiger charge is 2.43. The Morgan fingerprint density at radius 1 is 1.35 bits per heavy atom. The van der Waals surface area contributed by atoms with Crippen molar-refractivity contribution in [1.29, 1.82) is 0 Å². The highest BCUT2D eigenvalue weighted by Crippen LogP contribution is 2.45. The zero-order valence-electron chi connectivity index (χ0n) is 14.2. The predicted octanol–water partition coefficient (Wildman–Crippen LogP) is 4.98. The van der Waals surface area contributed by atoms with Crippen molar-refractivity contribution in [3.63, 3.8) is 0 Å². The first-order valence-electron chi connectivity index (χ1n) is 8.60. The number of carbonyl (C=O) groups excluding carboxylic acids is 1. The van der Waals surface area contributed by atoms with E-state index in [9.17, 15) is 4.79 Å². The van der Waals surface area contributed by atoms with Gasteiger partial charge in [0.05, 0.1) is 7.11 Å². The molecule has 1 aromatic rings. The maximum Gasteiger partial charge on any atom is 0.139 e. The van der Waals surface area contributed by atoms with Crippen molar-refractivity contribution in [3.05, 3.63) is 48.1 Å². The molecular weight excluding hydrogens is 284 g/mol. The molecule has 2 atom stereocenters. The van der Waals surface area contributed by atoms with Crippen LogP contribution in [-0.2, 0) is 11.2 Å². The summed E-state index contributed by atoms with van der Waals surface area (Å²) >= 11 is 0. The molecule has 0 radical (unpaired) electrons. The number of hydrogen-bond donors (Lipinski definition) is 0. The maximum atomic E-state index is 12.4. The lowest BCUT2D eigenvalue weighted by Gasteiger charge is -2.28. The Morgan fingerprint density at radius 2 is 2.17 bits per heavy atom. The van der Waals surface area contributed by atoms with E-state index in [2.05, 4.69) is 31.7 Å². The Hall–Kier alpha value is -1.83. The Labute approximate surface area is 139 Å². The minimum Gasteiger partial charge on any atom is -0.497 e. The van der Waals surface area contributed by atoms with Crippen molar-refractivity contribution in [2.75, 3.05) is 7.11 Å². The number of Topliss-reactive ketones (excluding diaryl/α,β-unsaturated/α-hetero) is 1. The average Bonchev–Trinajstić information content (AvgIpc) is 2.87. The van der Waals surface area contributed by atoms with Crippen LogP contribution in [0.25, 0.3) is 5.57 Å². The molecule has 3 rings (SSSR count). The van der Waals surface area contributed by atoms with Gasteiger partial charge in [0.25, 0.3) is 0 Å². The minimum absolute atomic E-state index is 0.265. The van der Waals surface area contributed by atoms with Crippen LogP contribution in [0.4, 0.5) is 0 Å². The second kappa shape index (κ2) is 6.35. The lowest BCUT2D eigenvalue weighted by molar-refractivity contribution is -0.125. The number of aryl methyl sites for hydroxylation is 1. The Bertz CT molecular complexity index is 656. The number of rotatable bonds is 4. The third kappa shape index (κ3) is 2.87. The van der Waals surface area contributed by atoms with E-state index in [0.29, 0.717) is 18.1 Å². The summed E-state index contributed by atoms with van der Waals surface area (Å²) in [4.78, 5) is 12.4. The van der Waals surface area contributed by atoms with Crippen LogP contribution in [0.2, 0.25) is 0 Å². The molecule has 0 amide bonds. The van der Waals surface area contributed by atoms with Gasteiger partial charge in [-0.15, -0.1) is 6.58 Å². The minimum atomic E-state index is -0.265. The smallest absolute Gasteiger partial charge is 0.139 e. The van der Waals surface area contributed by atoms with Gasteiger partial charge in [0.1, 0.15) is 11.5 Å². The van der Waals surface area contributed by atoms with E-state index in [4.69, 9.17) is 4.74 Å². The van der Waals surface area contributed by atoms with Gasteiger partial charge in [0.15, 0.2) is 0 Å². The van der Waals surface area contributed by atoms with E-state index in [0.717, 1.165) is 31.4 Å². The molecule has 1 aromatic carbocycles. The van der Waals surface area contributed by atoms with Gasteiger partial charge in [0, 0.05) is 11.8 Å². The first kappa shape index (κ1) is 16.0. The summed E-state index contributed by atoms with van der Waals surface area (Å²) in [6.45, 7) is 6.05. The van der Waals surface area contributed by atoms with Crippen molar-refractivity contribution in [3.8, 4) is 5.75 Å². The van der Waals surface area contributed by atoms with Crippen LogP contribution in [0.3, 0.4) is 0 Å². The number of allylic oxidation sites excluding steroid dienone is 3. The summed E-state index contributed by atoms with van der Waals surface area (Å²) in [6, 6.07) is 6.35. The number of ketones is 1. The van der Waals surface area contributed by atoms with Crippen molar-refractivity contribution in [1.82, 2.24) is 0 Å². The molecule has 2 heteroatoms.